The van der Waals surface area contributed by atoms with Crippen molar-refractivity contribution in [2.75, 3.05) is 44.9 Å². The molecule has 1 aliphatic heterocycles. The molecule has 1 aliphatic rings. The van der Waals surface area contributed by atoms with Crippen molar-refractivity contribution in [1.82, 2.24) is 19.8 Å². The van der Waals surface area contributed by atoms with Crippen LogP contribution in [-0.2, 0) is 13.6 Å². The van der Waals surface area contributed by atoms with Crippen molar-refractivity contribution < 1.29 is 0 Å². The third kappa shape index (κ3) is 4.34. The fourth-order valence-electron chi connectivity index (χ4n) is 2.79. The molecule has 130 valence electrons. The van der Waals surface area contributed by atoms with E-state index in [-0.39, 0.29) is 0 Å². The highest BCUT2D eigenvalue weighted by Gasteiger charge is 2.24. The van der Waals surface area contributed by atoms with Crippen LogP contribution in [0.25, 0.3) is 0 Å². The van der Waals surface area contributed by atoms with Crippen LogP contribution in [-0.4, -0.2) is 65.6 Å². The van der Waals surface area contributed by atoms with Crippen molar-refractivity contribution in [3.8, 4) is 0 Å². The maximum absolute atomic E-state index is 4.47. The smallest absolute Gasteiger partial charge is 0.204 e. The van der Waals surface area contributed by atoms with Gasteiger partial charge in [0.25, 0.3) is 0 Å². The number of hydrogen-bond acceptors (Lipinski definition) is 4. The molecule has 23 heavy (non-hydrogen) atoms. The summed E-state index contributed by atoms with van der Waals surface area (Å²) in [4.78, 5) is 13.3. The molecule has 1 aromatic rings. The highest BCUT2D eigenvalue weighted by atomic mass is 32.2. The Morgan fingerprint density at radius 2 is 2.26 bits per heavy atom. The van der Waals surface area contributed by atoms with E-state index in [0.717, 1.165) is 37.2 Å². The first-order valence-electron chi connectivity index (χ1n) is 8.19. The van der Waals surface area contributed by atoms with Crippen molar-refractivity contribution in [2.45, 2.75) is 25.6 Å². The molecule has 7 heteroatoms. The molecule has 0 aromatic carbocycles. The van der Waals surface area contributed by atoms with Gasteiger partial charge in [0.2, 0.25) is 5.95 Å². The number of rotatable bonds is 4. The maximum atomic E-state index is 4.47. The normalized spacial score (nSPS) is 19.3. The molecule has 1 atom stereocenters. The molecular weight excluding hydrogens is 308 g/mol. The zero-order valence-corrected chi connectivity index (χ0v) is 16.0. The van der Waals surface area contributed by atoms with Crippen molar-refractivity contribution in [2.24, 2.45) is 18.0 Å². The number of thioether (sulfide) groups is 1. The number of guanidine groups is 1. The van der Waals surface area contributed by atoms with Gasteiger partial charge in [0.1, 0.15) is 0 Å². The summed E-state index contributed by atoms with van der Waals surface area (Å²) in [6.07, 6.45) is 1.93. The fraction of sp³-hybridized carbons (Fsp3) is 0.750. The van der Waals surface area contributed by atoms with Crippen LogP contribution in [0.15, 0.2) is 11.2 Å². The lowest BCUT2D eigenvalue weighted by atomic mass is 10.1. The van der Waals surface area contributed by atoms with E-state index >= 15 is 0 Å². The molecule has 2 heterocycles. The van der Waals surface area contributed by atoms with E-state index < -0.39 is 0 Å². The van der Waals surface area contributed by atoms with Crippen LogP contribution in [0.1, 0.15) is 19.5 Å². The number of hydrogen-bond donors (Lipinski definition) is 1. The molecule has 0 radical (unpaired) electrons. The summed E-state index contributed by atoms with van der Waals surface area (Å²) in [5.41, 5.74) is 1.15. The topological polar surface area (TPSA) is 48.7 Å². The number of nitrogens with one attached hydrogen (secondary N) is 1. The summed E-state index contributed by atoms with van der Waals surface area (Å²) >= 11 is 2.08. The summed E-state index contributed by atoms with van der Waals surface area (Å²) in [5.74, 6) is 3.82. The molecule has 0 bridgehead atoms. The monoisotopic (exact) mass is 338 g/mol. The summed E-state index contributed by atoms with van der Waals surface area (Å²) in [6, 6.07) is 0. The number of nitrogens with zero attached hydrogens (tertiary/aromatic N) is 5. The predicted molar refractivity (Wildman–Crippen MR) is 100 cm³/mol. The summed E-state index contributed by atoms with van der Waals surface area (Å²) < 4.78 is 2.11. The Labute approximate surface area is 144 Å². The number of aromatic nitrogens is 2. The molecule has 1 fully saturated rings. The largest absolute Gasteiger partial charge is 0.351 e. The lowest BCUT2D eigenvalue weighted by molar-refractivity contribution is 0.380. The van der Waals surface area contributed by atoms with E-state index in [1.807, 2.05) is 32.2 Å². The average Bonchev–Trinajstić information content (AvgIpc) is 2.89. The second-order valence-electron chi connectivity index (χ2n) is 6.50. The summed E-state index contributed by atoms with van der Waals surface area (Å²) in [6.45, 7) is 7.46. The molecule has 1 aromatic heterocycles. The van der Waals surface area contributed by atoms with Crippen LogP contribution >= 0.6 is 11.8 Å². The fourth-order valence-corrected chi connectivity index (χ4v) is 4.09. The SMILES string of the molecule is CN=C(NCc1cnc(N(C)C)n1C)N1CCSC(C(C)C)C1. The lowest BCUT2D eigenvalue weighted by Gasteiger charge is -2.36. The Kier molecular flexibility index (Phi) is 6.21. The van der Waals surface area contributed by atoms with Gasteiger partial charge in [-0.15, -0.1) is 0 Å². The molecule has 0 saturated carbocycles. The number of aliphatic imine (C=N–C) groups is 1. The highest BCUT2D eigenvalue weighted by molar-refractivity contribution is 8.00. The van der Waals surface area contributed by atoms with E-state index in [1.165, 1.54) is 5.75 Å². The standard InChI is InChI=1S/C16H30N6S/c1-12(2)14-11-22(7-8-23-14)15(17-3)18-9-13-10-19-16(20(4)5)21(13)6/h10,12,14H,7-9,11H2,1-6H3,(H,17,18). The molecule has 0 amide bonds. The van der Waals surface area contributed by atoms with Crippen LogP contribution in [0.3, 0.4) is 0 Å². The Hall–Kier alpha value is -1.37. The van der Waals surface area contributed by atoms with Gasteiger partial charge in [-0.1, -0.05) is 13.8 Å². The first-order chi connectivity index (χ1) is 10.9. The number of anilines is 1. The van der Waals surface area contributed by atoms with E-state index in [0.29, 0.717) is 11.2 Å². The van der Waals surface area contributed by atoms with Gasteiger partial charge >= 0.3 is 0 Å². The van der Waals surface area contributed by atoms with E-state index in [9.17, 15) is 0 Å². The van der Waals surface area contributed by atoms with Crippen LogP contribution in [0.4, 0.5) is 5.95 Å². The first-order valence-corrected chi connectivity index (χ1v) is 9.24. The van der Waals surface area contributed by atoms with Crippen molar-refractivity contribution in [3.63, 3.8) is 0 Å². The Bertz CT molecular complexity index is 537. The van der Waals surface area contributed by atoms with Crippen LogP contribution < -0.4 is 10.2 Å². The Morgan fingerprint density at radius 1 is 1.52 bits per heavy atom. The zero-order valence-electron chi connectivity index (χ0n) is 15.2. The molecule has 0 aliphatic carbocycles. The molecule has 2 rings (SSSR count). The molecular formula is C16H30N6S. The minimum atomic E-state index is 0.680. The predicted octanol–water partition coefficient (Wildman–Crippen LogP) is 1.63. The molecule has 1 N–H and O–H groups in total. The Morgan fingerprint density at radius 3 is 2.83 bits per heavy atom. The molecule has 6 nitrogen and oxygen atoms in total. The van der Waals surface area contributed by atoms with Gasteiger partial charge in [0.05, 0.1) is 18.4 Å². The van der Waals surface area contributed by atoms with Gasteiger partial charge in [-0.05, 0) is 5.92 Å². The second-order valence-corrected chi connectivity index (χ2v) is 7.85. The van der Waals surface area contributed by atoms with Crippen molar-refractivity contribution in [3.05, 3.63) is 11.9 Å². The van der Waals surface area contributed by atoms with Gasteiger partial charge in [-0.25, -0.2) is 4.98 Å². The second kappa shape index (κ2) is 7.95. The minimum Gasteiger partial charge on any atom is -0.351 e. The van der Waals surface area contributed by atoms with Gasteiger partial charge in [0, 0.05) is 52.3 Å². The third-order valence-electron chi connectivity index (χ3n) is 4.24. The van der Waals surface area contributed by atoms with E-state index in [2.05, 4.69) is 57.4 Å². The summed E-state index contributed by atoms with van der Waals surface area (Å²) in [7, 11) is 7.93. The van der Waals surface area contributed by atoms with Crippen molar-refractivity contribution >= 4 is 23.7 Å². The van der Waals surface area contributed by atoms with Crippen LogP contribution in [0.2, 0.25) is 0 Å². The van der Waals surface area contributed by atoms with E-state index in [4.69, 9.17) is 0 Å². The van der Waals surface area contributed by atoms with Gasteiger partial charge in [0.15, 0.2) is 5.96 Å². The number of imidazole rings is 1. The average molecular weight is 339 g/mol. The van der Waals surface area contributed by atoms with Crippen LogP contribution in [0.5, 0.6) is 0 Å². The van der Waals surface area contributed by atoms with E-state index in [1.54, 1.807) is 0 Å². The molecule has 1 unspecified atom stereocenters. The summed E-state index contributed by atoms with van der Waals surface area (Å²) in [5, 5.41) is 4.18. The third-order valence-corrected chi connectivity index (χ3v) is 5.78. The van der Waals surface area contributed by atoms with Gasteiger partial charge < -0.3 is 19.7 Å². The first kappa shape index (κ1) is 18.0. The Balaban J connectivity index is 1.98. The lowest BCUT2D eigenvalue weighted by Crippen LogP contribution is -2.48. The van der Waals surface area contributed by atoms with Gasteiger partial charge in [-0.2, -0.15) is 11.8 Å². The minimum absolute atomic E-state index is 0.680. The highest BCUT2D eigenvalue weighted by Crippen LogP contribution is 2.24. The maximum Gasteiger partial charge on any atom is 0.204 e. The van der Waals surface area contributed by atoms with Gasteiger partial charge in [-0.3, -0.25) is 4.99 Å². The molecule has 1 saturated heterocycles. The zero-order chi connectivity index (χ0) is 17.0. The molecule has 0 spiro atoms. The van der Waals surface area contributed by atoms with Crippen molar-refractivity contribution in [1.29, 1.82) is 0 Å². The quantitative estimate of drug-likeness (QED) is 0.668. The van der Waals surface area contributed by atoms with Crippen LogP contribution in [0, 0.1) is 5.92 Å².